The first-order valence-corrected chi connectivity index (χ1v) is 4.54. The molecule has 0 spiro atoms. The smallest absolute Gasteiger partial charge is 0.0912 e. The molecule has 66 valence electrons. The van der Waals surface area contributed by atoms with Crippen LogP contribution in [-0.2, 0) is 6.42 Å². The highest BCUT2D eigenvalue weighted by atomic mass is 14.7. The zero-order valence-electron chi connectivity index (χ0n) is 7.67. The minimum absolute atomic E-state index is 0.625. The summed E-state index contributed by atoms with van der Waals surface area (Å²) in [6.07, 6.45) is 7.66. The van der Waals surface area contributed by atoms with E-state index in [1.165, 1.54) is 5.56 Å². The molecule has 0 unspecified atom stereocenters. The molecule has 0 amide bonds. The van der Waals surface area contributed by atoms with Crippen LogP contribution in [0.3, 0.4) is 0 Å². The van der Waals surface area contributed by atoms with Gasteiger partial charge in [0.05, 0.1) is 11.4 Å². The van der Waals surface area contributed by atoms with Crippen LogP contribution >= 0.6 is 0 Å². The van der Waals surface area contributed by atoms with Crippen molar-refractivity contribution in [2.45, 2.75) is 19.8 Å². The Balaban J connectivity index is 2.53. The van der Waals surface area contributed by atoms with Gasteiger partial charge in [-0.05, 0) is 18.1 Å². The lowest BCUT2D eigenvalue weighted by atomic mass is 9.99. The van der Waals surface area contributed by atoms with E-state index in [9.17, 15) is 0 Å². The zero-order valence-corrected chi connectivity index (χ0v) is 7.67. The van der Waals surface area contributed by atoms with Crippen LogP contribution in [0.4, 0.5) is 0 Å². The van der Waals surface area contributed by atoms with Crippen molar-refractivity contribution in [2.75, 3.05) is 0 Å². The molecule has 0 saturated heterocycles. The number of aromatic nitrogens is 1. The highest BCUT2D eigenvalue weighted by Gasteiger charge is 2.10. The van der Waals surface area contributed by atoms with Gasteiger partial charge in [-0.2, -0.15) is 0 Å². The summed E-state index contributed by atoms with van der Waals surface area (Å²) in [6.45, 7) is 2.11. The molecule has 2 nitrogen and oxygen atoms in total. The second-order valence-corrected chi connectivity index (χ2v) is 3.22. The largest absolute Gasteiger partial charge is 0.303 e. The molecule has 0 atom stereocenters. The Morgan fingerprint density at radius 1 is 1.54 bits per heavy atom. The molecule has 2 heteroatoms. The Bertz CT molecular complexity index is 378. The molecule has 1 heterocycles. The number of nitrogens with one attached hydrogen (secondary N) is 1. The number of nitrogens with zero attached hydrogens (tertiary/aromatic N) is 1. The van der Waals surface area contributed by atoms with Crippen LogP contribution in [0.2, 0.25) is 0 Å². The number of pyridine rings is 1. The van der Waals surface area contributed by atoms with E-state index >= 15 is 0 Å². The predicted molar refractivity (Wildman–Crippen MR) is 54.1 cm³/mol. The number of hydrogen-bond acceptors (Lipinski definition) is 2. The number of aryl methyl sites for hydroxylation is 1. The van der Waals surface area contributed by atoms with E-state index in [2.05, 4.69) is 24.1 Å². The van der Waals surface area contributed by atoms with Crippen LogP contribution in [-0.4, -0.2) is 10.7 Å². The van der Waals surface area contributed by atoms with E-state index < -0.39 is 0 Å². The summed E-state index contributed by atoms with van der Waals surface area (Å²) in [5.41, 5.74) is 3.80. The summed E-state index contributed by atoms with van der Waals surface area (Å²) in [7, 11) is 0. The predicted octanol–water partition coefficient (Wildman–Crippen LogP) is 2.43. The van der Waals surface area contributed by atoms with Crippen molar-refractivity contribution in [3.63, 3.8) is 0 Å². The lowest BCUT2D eigenvalue weighted by molar-refractivity contribution is 1.08. The summed E-state index contributed by atoms with van der Waals surface area (Å²) >= 11 is 0. The molecule has 13 heavy (non-hydrogen) atoms. The van der Waals surface area contributed by atoms with E-state index in [4.69, 9.17) is 5.41 Å². The quantitative estimate of drug-likeness (QED) is 0.694. The molecule has 0 bridgehead atoms. The molecule has 0 saturated carbocycles. The fraction of sp³-hybridized carbons (Fsp3) is 0.273. The molecule has 1 aliphatic rings. The van der Waals surface area contributed by atoms with E-state index in [0.29, 0.717) is 12.1 Å². The van der Waals surface area contributed by atoms with Crippen molar-refractivity contribution in [3.05, 3.63) is 35.2 Å². The topological polar surface area (TPSA) is 36.7 Å². The molecule has 1 aromatic rings. The third-order valence-corrected chi connectivity index (χ3v) is 2.29. The summed E-state index contributed by atoms with van der Waals surface area (Å²) in [5.74, 6) is 0. The van der Waals surface area contributed by atoms with Crippen molar-refractivity contribution >= 4 is 11.8 Å². The molecule has 2 rings (SSSR count). The van der Waals surface area contributed by atoms with Gasteiger partial charge >= 0.3 is 0 Å². The van der Waals surface area contributed by atoms with Crippen molar-refractivity contribution in [1.82, 2.24) is 4.98 Å². The lowest BCUT2D eigenvalue weighted by Crippen LogP contribution is -2.07. The third kappa shape index (κ3) is 1.39. The number of fused-ring (bicyclic) bond motifs is 1. The average molecular weight is 172 g/mol. The monoisotopic (exact) mass is 172 g/mol. The highest BCUT2D eigenvalue weighted by Crippen LogP contribution is 2.18. The zero-order chi connectivity index (χ0) is 9.26. The Kier molecular flexibility index (Phi) is 1.97. The van der Waals surface area contributed by atoms with Crippen LogP contribution in [0.25, 0.3) is 6.08 Å². The minimum Gasteiger partial charge on any atom is -0.303 e. The average Bonchev–Trinajstić information content (AvgIpc) is 2.18. The van der Waals surface area contributed by atoms with Gasteiger partial charge in [0.2, 0.25) is 0 Å². The summed E-state index contributed by atoms with van der Waals surface area (Å²) < 4.78 is 0. The Morgan fingerprint density at radius 2 is 2.38 bits per heavy atom. The van der Waals surface area contributed by atoms with Crippen molar-refractivity contribution in [1.29, 1.82) is 5.41 Å². The van der Waals surface area contributed by atoms with E-state index in [1.54, 1.807) is 0 Å². The van der Waals surface area contributed by atoms with E-state index in [1.807, 2.05) is 12.3 Å². The standard InChI is InChI=1S/C11H12N2/c1-2-8-6-9-4-3-5-10(12)11(9)13-7-8/h3-4,6-7,12H,2,5H2,1H3. The Labute approximate surface area is 77.8 Å². The molecule has 1 aromatic heterocycles. The number of allylic oxidation sites excluding steroid dienone is 1. The van der Waals surface area contributed by atoms with Gasteiger partial charge < -0.3 is 5.41 Å². The van der Waals surface area contributed by atoms with Crippen LogP contribution in [0.15, 0.2) is 18.3 Å². The molecule has 0 aromatic carbocycles. The van der Waals surface area contributed by atoms with Crippen molar-refractivity contribution < 1.29 is 0 Å². The van der Waals surface area contributed by atoms with Gasteiger partial charge in [0.1, 0.15) is 0 Å². The molecular weight excluding hydrogens is 160 g/mol. The van der Waals surface area contributed by atoms with E-state index in [0.717, 1.165) is 17.7 Å². The maximum absolute atomic E-state index is 7.68. The van der Waals surface area contributed by atoms with Gasteiger partial charge in [-0.15, -0.1) is 0 Å². The fourth-order valence-electron chi connectivity index (χ4n) is 1.50. The molecule has 0 fully saturated rings. The first-order chi connectivity index (χ1) is 6.31. The van der Waals surface area contributed by atoms with Crippen LogP contribution in [0.5, 0.6) is 0 Å². The lowest BCUT2D eigenvalue weighted by Gasteiger charge is -2.10. The van der Waals surface area contributed by atoms with Gasteiger partial charge in [0, 0.05) is 18.2 Å². The first-order valence-electron chi connectivity index (χ1n) is 4.54. The Morgan fingerprint density at radius 3 is 3.15 bits per heavy atom. The second-order valence-electron chi connectivity index (χ2n) is 3.22. The fourth-order valence-corrected chi connectivity index (χ4v) is 1.50. The van der Waals surface area contributed by atoms with Gasteiger partial charge in [-0.25, -0.2) is 0 Å². The summed E-state index contributed by atoms with van der Waals surface area (Å²) in [5, 5.41) is 7.68. The normalized spacial score (nSPS) is 14.4. The van der Waals surface area contributed by atoms with Crippen molar-refractivity contribution in [3.8, 4) is 0 Å². The maximum Gasteiger partial charge on any atom is 0.0912 e. The van der Waals surface area contributed by atoms with Gasteiger partial charge in [0.15, 0.2) is 0 Å². The number of rotatable bonds is 1. The van der Waals surface area contributed by atoms with Gasteiger partial charge in [-0.1, -0.05) is 19.1 Å². The maximum atomic E-state index is 7.68. The molecule has 0 radical (unpaired) electrons. The Hall–Kier alpha value is -1.44. The van der Waals surface area contributed by atoms with Crippen LogP contribution < -0.4 is 0 Å². The molecule has 1 aliphatic carbocycles. The van der Waals surface area contributed by atoms with Crippen molar-refractivity contribution in [2.24, 2.45) is 0 Å². The second kappa shape index (κ2) is 3.13. The molecular formula is C11H12N2. The molecule has 0 aliphatic heterocycles. The summed E-state index contributed by atoms with van der Waals surface area (Å²) in [6, 6.07) is 2.12. The summed E-state index contributed by atoms with van der Waals surface area (Å²) in [4.78, 5) is 4.30. The minimum atomic E-state index is 0.625. The van der Waals surface area contributed by atoms with Crippen LogP contribution in [0, 0.1) is 5.41 Å². The van der Waals surface area contributed by atoms with E-state index in [-0.39, 0.29) is 0 Å². The van der Waals surface area contributed by atoms with Crippen LogP contribution in [0.1, 0.15) is 30.2 Å². The number of hydrogen-bond donors (Lipinski definition) is 1. The SMILES string of the molecule is CCc1cnc2c(c1)C=CCC2=N. The molecule has 1 N–H and O–H groups in total. The highest BCUT2D eigenvalue weighted by molar-refractivity contribution is 6.02. The third-order valence-electron chi connectivity index (χ3n) is 2.29. The van der Waals surface area contributed by atoms with Gasteiger partial charge in [-0.3, -0.25) is 4.98 Å². The van der Waals surface area contributed by atoms with Gasteiger partial charge in [0.25, 0.3) is 0 Å². The first kappa shape index (κ1) is 8.17.